The summed E-state index contributed by atoms with van der Waals surface area (Å²) in [6.45, 7) is 9.30. The number of nitrogens with zero attached hydrogens (tertiary/aromatic N) is 6. The Morgan fingerprint density at radius 1 is 0.557 bits per heavy atom. The minimum atomic E-state index is -3.70. The van der Waals surface area contributed by atoms with Crippen LogP contribution in [0.15, 0.2) is 93.3 Å². The highest BCUT2D eigenvalue weighted by Gasteiger charge is 2.33. The molecule has 0 saturated carbocycles. The number of rotatable bonds is 9. The highest BCUT2D eigenvalue weighted by atomic mass is 35.5. The number of sulfonamides is 2. The van der Waals surface area contributed by atoms with Gasteiger partial charge in [-0.2, -0.15) is 8.61 Å². The van der Waals surface area contributed by atoms with Crippen LogP contribution in [0.5, 0.6) is 5.75 Å². The molecule has 0 aliphatic carbocycles. The monoisotopic (exact) mass is 978 g/mol. The molecule has 8 rings (SSSR count). The van der Waals surface area contributed by atoms with Crippen molar-refractivity contribution >= 4 is 99.4 Å². The molecule has 0 unspecified atom stereocenters. The van der Waals surface area contributed by atoms with Crippen molar-refractivity contribution in [2.75, 3.05) is 69.3 Å². The molecule has 322 valence electrons. The standard InChI is InChI=1S/C21H21Cl2N3O3S2.C21H21Cl2N3O2S2/c1-14-10-20(18(23)12-17(14)22)31(27,28)26-8-6-25(7-9-26)21-24-19(13-30-21)15-4-3-5-16(11-15)29-2;1-14-4-3-5-16(10-14)19-13-29-21(24-19)25-6-8-26(9-7-25)30(27,28)20-11-15(2)17(22)12-18(20)23/h3-5,10-13H,6-9H2,1-2H3;3-5,10-13H,6-9H2,1-2H3. The van der Waals surface area contributed by atoms with Crippen LogP contribution in [0, 0.1) is 20.8 Å². The summed E-state index contributed by atoms with van der Waals surface area (Å²) in [5, 5.41) is 7.02. The van der Waals surface area contributed by atoms with E-state index in [1.165, 1.54) is 32.4 Å². The van der Waals surface area contributed by atoms with Gasteiger partial charge in [-0.05, 0) is 74.4 Å². The number of benzene rings is 4. The Balaban J connectivity index is 0.000000184. The molecule has 2 aromatic heterocycles. The van der Waals surface area contributed by atoms with Crippen molar-refractivity contribution in [1.82, 2.24) is 18.6 Å². The molecule has 6 aromatic rings. The Morgan fingerprint density at radius 2 is 0.984 bits per heavy atom. The fraction of sp³-hybridized carbons (Fsp3) is 0.286. The van der Waals surface area contributed by atoms with E-state index in [1.54, 1.807) is 49.7 Å². The molecule has 0 amide bonds. The van der Waals surface area contributed by atoms with Gasteiger partial charge in [-0.1, -0.05) is 82.3 Å². The number of hydrogen-bond donors (Lipinski definition) is 0. The fourth-order valence-electron chi connectivity index (χ4n) is 6.85. The molecule has 2 aliphatic heterocycles. The number of aromatic nitrogens is 2. The van der Waals surface area contributed by atoms with Crippen LogP contribution in [0.3, 0.4) is 0 Å². The maximum atomic E-state index is 13.1. The zero-order chi connectivity index (χ0) is 43.6. The SMILES string of the molecule is COc1cccc(-c2csc(N3CCN(S(=O)(=O)c4cc(C)c(Cl)cc4Cl)CC3)n2)c1.Cc1cccc(-c2csc(N3CCN(S(=O)(=O)c4cc(C)c(Cl)cc4Cl)CC3)n2)c1. The third kappa shape index (κ3) is 10.2. The van der Waals surface area contributed by atoms with Crippen molar-refractivity contribution < 1.29 is 21.6 Å². The summed E-state index contributed by atoms with van der Waals surface area (Å²) >= 11 is 27.6. The number of aryl methyl sites for hydroxylation is 3. The summed E-state index contributed by atoms with van der Waals surface area (Å²) < 4.78 is 60.7. The van der Waals surface area contributed by atoms with E-state index in [4.69, 9.17) is 61.1 Å². The number of anilines is 2. The molecule has 61 heavy (non-hydrogen) atoms. The predicted molar refractivity (Wildman–Crippen MR) is 251 cm³/mol. The van der Waals surface area contributed by atoms with Crippen LogP contribution in [0.25, 0.3) is 22.5 Å². The number of thiazole rings is 2. The van der Waals surface area contributed by atoms with Crippen LogP contribution in [0.2, 0.25) is 20.1 Å². The molecular formula is C42H42Cl4N6O5S4. The average Bonchev–Trinajstić information content (AvgIpc) is 3.96. The maximum absolute atomic E-state index is 13.1. The molecule has 4 aromatic carbocycles. The summed E-state index contributed by atoms with van der Waals surface area (Å²) in [5.74, 6) is 0.780. The number of piperazine rings is 2. The molecule has 0 radical (unpaired) electrons. The Labute approximate surface area is 385 Å². The van der Waals surface area contributed by atoms with Gasteiger partial charge < -0.3 is 14.5 Å². The summed E-state index contributed by atoms with van der Waals surface area (Å²) in [4.78, 5) is 14.0. The lowest BCUT2D eigenvalue weighted by atomic mass is 10.1. The predicted octanol–water partition coefficient (Wildman–Crippen LogP) is 10.2. The second-order valence-corrected chi connectivity index (χ2v) is 21.6. The molecule has 0 N–H and O–H groups in total. The first kappa shape index (κ1) is 45.5. The number of ether oxygens (including phenoxy) is 1. The topological polar surface area (TPSA) is 116 Å². The maximum Gasteiger partial charge on any atom is 0.244 e. The van der Waals surface area contributed by atoms with Gasteiger partial charge in [-0.15, -0.1) is 22.7 Å². The lowest BCUT2D eigenvalue weighted by Crippen LogP contribution is -2.48. The lowest BCUT2D eigenvalue weighted by Gasteiger charge is -2.34. The number of hydrogen-bond acceptors (Lipinski definition) is 11. The van der Waals surface area contributed by atoms with E-state index in [9.17, 15) is 16.8 Å². The van der Waals surface area contributed by atoms with Crippen LogP contribution in [0.1, 0.15) is 16.7 Å². The molecule has 19 heteroatoms. The second-order valence-electron chi connectivity index (χ2n) is 14.5. The Bertz CT molecular complexity index is 2770. The van der Waals surface area contributed by atoms with E-state index in [-0.39, 0.29) is 19.8 Å². The van der Waals surface area contributed by atoms with Gasteiger partial charge in [-0.3, -0.25) is 0 Å². The third-order valence-corrected chi connectivity index (χ3v) is 17.7. The second kappa shape index (κ2) is 19.1. The Morgan fingerprint density at radius 3 is 1.41 bits per heavy atom. The van der Waals surface area contributed by atoms with Crippen molar-refractivity contribution in [3.63, 3.8) is 0 Å². The van der Waals surface area contributed by atoms with E-state index < -0.39 is 20.0 Å². The molecule has 11 nitrogen and oxygen atoms in total. The summed E-state index contributed by atoms with van der Waals surface area (Å²) in [6, 6.07) is 22.1. The van der Waals surface area contributed by atoms with Crippen LogP contribution in [0.4, 0.5) is 10.3 Å². The molecule has 2 fully saturated rings. The van der Waals surface area contributed by atoms with E-state index >= 15 is 0 Å². The largest absolute Gasteiger partial charge is 0.497 e. The smallest absolute Gasteiger partial charge is 0.244 e. The van der Waals surface area contributed by atoms with Crippen molar-refractivity contribution in [3.05, 3.63) is 120 Å². The first-order valence-corrected chi connectivity index (χ1v) is 25.2. The molecule has 0 atom stereocenters. The first-order chi connectivity index (χ1) is 29.0. The lowest BCUT2D eigenvalue weighted by molar-refractivity contribution is 0.384. The molecule has 0 spiro atoms. The van der Waals surface area contributed by atoms with Crippen molar-refractivity contribution in [1.29, 1.82) is 0 Å². The van der Waals surface area contributed by atoms with E-state index in [0.29, 0.717) is 73.5 Å². The van der Waals surface area contributed by atoms with Gasteiger partial charge in [0.1, 0.15) is 15.5 Å². The Kier molecular flexibility index (Phi) is 14.3. The molecular weight excluding hydrogens is 939 g/mol. The zero-order valence-corrected chi connectivity index (χ0v) is 39.9. The average molecular weight is 981 g/mol. The molecule has 2 aliphatic rings. The molecule has 0 bridgehead atoms. The highest BCUT2D eigenvalue weighted by molar-refractivity contribution is 7.89. The number of halogens is 4. The summed E-state index contributed by atoms with van der Waals surface area (Å²) in [6.07, 6.45) is 0. The van der Waals surface area contributed by atoms with Crippen molar-refractivity contribution in [2.24, 2.45) is 0 Å². The summed E-state index contributed by atoms with van der Waals surface area (Å²) in [7, 11) is -5.74. The van der Waals surface area contributed by atoms with Gasteiger partial charge in [-0.25, -0.2) is 26.8 Å². The van der Waals surface area contributed by atoms with Crippen LogP contribution < -0.4 is 14.5 Å². The van der Waals surface area contributed by atoms with Gasteiger partial charge in [0.25, 0.3) is 0 Å². The van der Waals surface area contributed by atoms with Crippen molar-refractivity contribution in [3.8, 4) is 28.3 Å². The van der Waals surface area contributed by atoms with Gasteiger partial charge in [0, 0.05) is 84.3 Å². The van der Waals surface area contributed by atoms with Gasteiger partial charge in [0.2, 0.25) is 20.0 Å². The zero-order valence-electron chi connectivity index (χ0n) is 33.6. The Hall–Kier alpha value is -3.48. The van der Waals surface area contributed by atoms with E-state index in [1.807, 2.05) is 47.2 Å². The number of methoxy groups -OCH3 is 1. The van der Waals surface area contributed by atoms with Gasteiger partial charge in [0.05, 0.1) is 28.5 Å². The molecule has 2 saturated heterocycles. The summed E-state index contributed by atoms with van der Waals surface area (Å²) in [5.41, 5.74) is 6.44. The quantitative estimate of drug-likeness (QED) is 0.140. The van der Waals surface area contributed by atoms with Crippen LogP contribution in [-0.4, -0.2) is 94.9 Å². The van der Waals surface area contributed by atoms with E-state index in [0.717, 1.165) is 38.5 Å². The highest BCUT2D eigenvalue weighted by Crippen LogP contribution is 2.35. The fourth-order valence-corrected chi connectivity index (χ4v) is 13.1. The molecule has 4 heterocycles. The van der Waals surface area contributed by atoms with E-state index in [2.05, 4.69) is 28.9 Å². The van der Waals surface area contributed by atoms with Crippen LogP contribution >= 0.6 is 69.1 Å². The van der Waals surface area contributed by atoms with Gasteiger partial charge in [0.15, 0.2) is 10.3 Å². The minimum Gasteiger partial charge on any atom is -0.497 e. The van der Waals surface area contributed by atoms with Crippen LogP contribution in [-0.2, 0) is 20.0 Å². The van der Waals surface area contributed by atoms with Gasteiger partial charge >= 0.3 is 0 Å². The first-order valence-electron chi connectivity index (χ1n) is 19.1. The minimum absolute atomic E-state index is 0.0964. The normalized spacial score (nSPS) is 15.4. The third-order valence-electron chi connectivity index (χ3n) is 10.3. The van der Waals surface area contributed by atoms with Crippen molar-refractivity contribution in [2.45, 2.75) is 30.6 Å².